The second-order valence-corrected chi connectivity index (χ2v) is 4.58. The van der Waals surface area contributed by atoms with Gasteiger partial charge in [-0.1, -0.05) is 67.9 Å². The number of phenols is 1. The summed E-state index contributed by atoms with van der Waals surface area (Å²) in [5.74, 6) is -10.0. The zero-order chi connectivity index (χ0) is 16.3. The molecule has 0 radical (unpaired) electrons. The summed E-state index contributed by atoms with van der Waals surface area (Å²) in [6.07, 6.45) is 0. The average Bonchev–Trinajstić information content (AvgIpc) is 2.44. The highest BCUT2D eigenvalue weighted by Gasteiger charge is 2.32. The first-order valence-corrected chi connectivity index (χ1v) is 5.81. The normalized spacial score (nSPS) is 10.1. The van der Waals surface area contributed by atoms with Gasteiger partial charge in [0.15, 0.2) is 11.6 Å². The molecule has 0 heterocycles. The SMILES string of the molecule is C.C.C.C.C.C.O=C1c2c([O-])cc(O)c([O-])c2C(=O)c2c([O-])cc([O-])c([O-])c21. The smallest absolute Gasteiger partial charge is 0.193 e. The van der Waals surface area contributed by atoms with Crippen LogP contribution in [0.3, 0.4) is 0 Å². The molecule has 8 nitrogen and oxygen atoms in total. The number of hydrogen-bond donors (Lipinski definition) is 1. The molecular formula is C20H27O8-5. The van der Waals surface area contributed by atoms with Gasteiger partial charge in [-0.3, -0.25) is 9.59 Å². The van der Waals surface area contributed by atoms with Crippen molar-refractivity contribution >= 4 is 11.6 Å². The molecular weight excluding hydrogens is 368 g/mol. The first-order chi connectivity index (χ1) is 10.3. The van der Waals surface area contributed by atoms with Crippen molar-refractivity contribution in [2.45, 2.75) is 44.6 Å². The Labute approximate surface area is 166 Å². The molecule has 0 aromatic heterocycles. The van der Waals surface area contributed by atoms with Crippen molar-refractivity contribution in [3.63, 3.8) is 0 Å². The maximum absolute atomic E-state index is 12.2. The molecule has 0 spiro atoms. The van der Waals surface area contributed by atoms with Gasteiger partial charge in [0.05, 0.1) is 0 Å². The number of phenolic OH excluding ortho intramolecular Hbond substituents is 1. The third kappa shape index (κ3) is 3.80. The highest BCUT2D eigenvalue weighted by Crippen LogP contribution is 2.45. The average molecular weight is 395 g/mol. The minimum absolute atomic E-state index is 0. The molecule has 0 saturated carbocycles. The van der Waals surface area contributed by atoms with Crippen LogP contribution in [0.5, 0.6) is 34.5 Å². The molecule has 0 unspecified atom stereocenters. The summed E-state index contributed by atoms with van der Waals surface area (Å²) in [7, 11) is 0. The van der Waals surface area contributed by atoms with Crippen LogP contribution < -0.4 is 25.5 Å². The van der Waals surface area contributed by atoms with Crippen LogP contribution in [-0.4, -0.2) is 16.7 Å². The van der Waals surface area contributed by atoms with Gasteiger partial charge < -0.3 is 30.6 Å². The number of ketones is 2. The van der Waals surface area contributed by atoms with Crippen LogP contribution in [0, 0.1) is 0 Å². The van der Waals surface area contributed by atoms with E-state index in [9.17, 15) is 40.2 Å². The summed E-state index contributed by atoms with van der Waals surface area (Å²) in [6.45, 7) is 0. The van der Waals surface area contributed by atoms with Crippen molar-refractivity contribution in [1.29, 1.82) is 0 Å². The monoisotopic (exact) mass is 395 g/mol. The standard InChI is InChI=1S/C14H8O8.6CH4/c15-3-1-5(17)11(19)9-7(3)13(21)10-8(14(9)22)4(16)2-6(18)12(10)20;;;;;;/h1-2,15-20H;6*1H4/p-5. The van der Waals surface area contributed by atoms with Crippen LogP contribution in [0.2, 0.25) is 0 Å². The van der Waals surface area contributed by atoms with E-state index in [0.717, 1.165) is 0 Å². The molecule has 0 aliphatic heterocycles. The lowest BCUT2D eigenvalue weighted by Crippen LogP contribution is -2.27. The van der Waals surface area contributed by atoms with Crippen LogP contribution >= 0.6 is 0 Å². The molecule has 8 heteroatoms. The molecule has 1 aliphatic rings. The van der Waals surface area contributed by atoms with Crippen LogP contribution in [0.4, 0.5) is 0 Å². The lowest BCUT2D eigenvalue weighted by molar-refractivity contribution is -0.320. The molecule has 1 N–H and O–H groups in total. The Morgan fingerprint density at radius 2 is 0.893 bits per heavy atom. The number of rotatable bonds is 0. The molecule has 0 atom stereocenters. The number of hydrogen-bond acceptors (Lipinski definition) is 8. The quantitative estimate of drug-likeness (QED) is 0.594. The number of carbonyl (C=O) groups excluding carboxylic acids is 2. The summed E-state index contributed by atoms with van der Waals surface area (Å²) >= 11 is 0. The number of aromatic hydroxyl groups is 1. The van der Waals surface area contributed by atoms with E-state index in [4.69, 9.17) is 0 Å². The maximum atomic E-state index is 12.2. The van der Waals surface area contributed by atoms with Crippen LogP contribution in [0.1, 0.15) is 76.4 Å². The summed E-state index contributed by atoms with van der Waals surface area (Å²) in [5.41, 5.74) is -3.80. The third-order valence-electron chi connectivity index (χ3n) is 3.34. The van der Waals surface area contributed by atoms with E-state index < -0.39 is 68.3 Å². The second kappa shape index (κ2) is 10.1. The molecule has 2 aromatic rings. The number of carbonyl (C=O) groups is 2. The van der Waals surface area contributed by atoms with E-state index in [1.54, 1.807) is 0 Å². The summed E-state index contributed by atoms with van der Waals surface area (Å²) in [6, 6.07) is 0.768. The fourth-order valence-electron chi connectivity index (χ4n) is 2.38. The topological polar surface area (TPSA) is 170 Å². The van der Waals surface area contributed by atoms with E-state index in [1.807, 2.05) is 0 Å². The van der Waals surface area contributed by atoms with Crippen molar-refractivity contribution in [3.8, 4) is 34.5 Å². The third-order valence-corrected chi connectivity index (χ3v) is 3.34. The second-order valence-electron chi connectivity index (χ2n) is 4.58. The van der Waals surface area contributed by atoms with Crippen molar-refractivity contribution in [2.24, 2.45) is 0 Å². The molecule has 0 saturated heterocycles. The van der Waals surface area contributed by atoms with Crippen molar-refractivity contribution in [1.82, 2.24) is 0 Å². The van der Waals surface area contributed by atoms with Gasteiger partial charge in [0.1, 0.15) is 5.75 Å². The summed E-state index contributed by atoms with van der Waals surface area (Å²) in [5, 5.41) is 67.7. The Morgan fingerprint density at radius 3 is 1.32 bits per heavy atom. The molecule has 2 aromatic carbocycles. The van der Waals surface area contributed by atoms with Gasteiger partial charge in [-0.2, -0.15) is 0 Å². The zero-order valence-electron chi connectivity index (χ0n) is 10.5. The molecule has 28 heavy (non-hydrogen) atoms. The fraction of sp³-hybridized carbons (Fsp3) is 0.300. The van der Waals surface area contributed by atoms with Gasteiger partial charge in [0, 0.05) is 22.3 Å². The number of fused-ring (bicyclic) bond motifs is 2. The Kier molecular flexibility index (Phi) is 11.6. The van der Waals surface area contributed by atoms with Gasteiger partial charge in [-0.25, -0.2) is 0 Å². The van der Waals surface area contributed by atoms with E-state index in [2.05, 4.69) is 0 Å². The van der Waals surface area contributed by atoms with Gasteiger partial charge in [0.2, 0.25) is 0 Å². The Hall–Kier alpha value is -3.42. The fourth-order valence-corrected chi connectivity index (χ4v) is 2.38. The zero-order valence-corrected chi connectivity index (χ0v) is 10.5. The van der Waals surface area contributed by atoms with Gasteiger partial charge in [-0.05, 0) is 6.07 Å². The predicted octanol–water partition coefficient (Wildman–Crippen LogP) is 1.35. The molecule has 160 valence electrons. The molecule has 0 amide bonds. The first-order valence-electron chi connectivity index (χ1n) is 5.81. The Morgan fingerprint density at radius 1 is 0.536 bits per heavy atom. The predicted molar refractivity (Wildman–Crippen MR) is 99.0 cm³/mol. The van der Waals surface area contributed by atoms with Crippen molar-refractivity contribution in [2.75, 3.05) is 0 Å². The van der Waals surface area contributed by atoms with E-state index in [0.29, 0.717) is 12.1 Å². The lowest BCUT2D eigenvalue weighted by atomic mass is 9.81. The van der Waals surface area contributed by atoms with Crippen molar-refractivity contribution in [3.05, 3.63) is 34.4 Å². The highest BCUT2D eigenvalue weighted by molar-refractivity contribution is 6.32. The van der Waals surface area contributed by atoms with Gasteiger partial charge in [0.25, 0.3) is 0 Å². The highest BCUT2D eigenvalue weighted by atomic mass is 16.3. The van der Waals surface area contributed by atoms with E-state index in [1.165, 1.54) is 0 Å². The first kappa shape index (κ1) is 32.3. The van der Waals surface area contributed by atoms with E-state index >= 15 is 0 Å². The Bertz CT molecular complexity index is 811. The molecule has 1 aliphatic carbocycles. The summed E-state index contributed by atoms with van der Waals surface area (Å²) in [4.78, 5) is 24.4. The van der Waals surface area contributed by atoms with Gasteiger partial charge in [-0.15, -0.1) is 11.5 Å². The van der Waals surface area contributed by atoms with Crippen LogP contribution in [0.15, 0.2) is 12.1 Å². The maximum Gasteiger partial charge on any atom is 0.193 e. The van der Waals surface area contributed by atoms with Crippen LogP contribution in [-0.2, 0) is 0 Å². The van der Waals surface area contributed by atoms with E-state index in [-0.39, 0.29) is 44.6 Å². The lowest BCUT2D eigenvalue weighted by Gasteiger charge is -2.34. The number of benzene rings is 2. The molecule has 0 bridgehead atoms. The minimum Gasteiger partial charge on any atom is -0.873 e. The summed E-state index contributed by atoms with van der Waals surface area (Å²) < 4.78 is 0. The van der Waals surface area contributed by atoms with Gasteiger partial charge >= 0.3 is 0 Å². The minimum atomic E-state index is -1.39. The van der Waals surface area contributed by atoms with Crippen LogP contribution in [0.25, 0.3) is 0 Å². The molecule has 3 rings (SSSR count). The molecule has 0 fully saturated rings. The van der Waals surface area contributed by atoms with Crippen molar-refractivity contribution < 1.29 is 40.2 Å². The largest absolute Gasteiger partial charge is 0.873 e. The Balaban J connectivity index is -0.000000480.